The molecular weight excluding hydrogens is 298 g/mol. The third-order valence-corrected chi connectivity index (χ3v) is 3.62. The first kappa shape index (κ1) is 17.8. The Morgan fingerprint density at radius 3 is 2.06 bits per heavy atom. The number of hydrogen-bond acceptors (Lipinski definition) is 8. The van der Waals surface area contributed by atoms with E-state index in [2.05, 4.69) is 8.83 Å². The fraction of sp³-hybridized carbons (Fsp3) is 0.800. The molecule has 6 N–H and O–H groups in total. The third-order valence-electron chi connectivity index (χ3n) is 1.47. The lowest BCUT2D eigenvalue weighted by molar-refractivity contribution is -0.137. The van der Waals surface area contributed by atoms with E-state index in [1.807, 2.05) is 0 Å². The van der Waals surface area contributed by atoms with Gasteiger partial charge in [0, 0.05) is 0 Å². The second-order valence-electron chi connectivity index (χ2n) is 2.97. The van der Waals surface area contributed by atoms with Crippen molar-refractivity contribution < 1.29 is 52.8 Å². The second kappa shape index (κ2) is 6.83. The Morgan fingerprint density at radius 1 is 1.17 bits per heavy atom. The van der Waals surface area contributed by atoms with Crippen molar-refractivity contribution in [2.75, 3.05) is 13.2 Å². The lowest BCUT2D eigenvalue weighted by Gasteiger charge is -2.18. The molecule has 13 heteroatoms. The Balaban J connectivity index is 4.36. The predicted octanol–water partition coefficient (Wildman–Crippen LogP) is -2.50. The van der Waals surface area contributed by atoms with E-state index >= 15 is 0 Å². The summed E-state index contributed by atoms with van der Waals surface area (Å²) in [5.41, 5.74) is 0. The summed E-state index contributed by atoms with van der Waals surface area (Å²) < 4.78 is 28.4. The predicted molar refractivity (Wildman–Crippen MR) is 53.0 cm³/mol. The van der Waals surface area contributed by atoms with Crippen molar-refractivity contribution in [3.8, 4) is 0 Å². The lowest BCUT2D eigenvalue weighted by atomic mass is 10.1. The number of hydrogen-bond donors (Lipinski definition) is 6. The van der Waals surface area contributed by atoms with Crippen molar-refractivity contribution in [1.29, 1.82) is 0 Å². The van der Waals surface area contributed by atoms with Gasteiger partial charge in [-0.2, -0.15) is 4.31 Å². The number of carbonyl (C=O) groups excluding carboxylic acids is 1. The number of aliphatic hydroxyl groups is 3. The van der Waals surface area contributed by atoms with Crippen molar-refractivity contribution in [3.05, 3.63) is 0 Å². The highest BCUT2D eigenvalue weighted by atomic mass is 31.3. The van der Waals surface area contributed by atoms with Crippen LogP contribution in [0.5, 0.6) is 0 Å². The maximum absolute atomic E-state index is 10.9. The molecule has 0 aliphatic rings. The molecule has 0 aromatic heterocycles. The standard InChI is InChI=1S/C5H12O11P2/c6-1-3(7)5(9)4(8)2-15-18(13,14)16-17(10,11)12/h4-6,8-9H,1-2H2,(H,13,14)(H2,10,11,12)/t4-,5+/m1/s1. The van der Waals surface area contributed by atoms with E-state index in [4.69, 9.17) is 30.0 Å². The zero-order valence-electron chi connectivity index (χ0n) is 8.69. The van der Waals surface area contributed by atoms with Crippen LogP contribution in [0, 0.1) is 0 Å². The zero-order valence-corrected chi connectivity index (χ0v) is 10.5. The van der Waals surface area contributed by atoms with E-state index in [1.165, 1.54) is 0 Å². The van der Waals surface area contributed by atoms with E-state index in [-0.39, 0.29) is 0 Å². The Labute approximate surface area is 100 Å². The number of phosphoric ester groups is 1. The maximum atomic E-state index is 10.9. The van der Waals surface area contributed by atoms with Gasteiger partial charge >= 0.3 is 15.6 Å². The molecule has 0 spiro atoms. The summed E-state index contributed by atoms with van der Waals surface area (Å²) in [6, 6.07) is 0. The van der Waals surface area contributed by atoms with Gasteiger partial charge in [-0.15, -0.1) is 0 Å². The van der Waals surface area contributed by atoms with Gasteiger partial charge in [-0.3, -0.25) is 9.32 Å². The summed E-state index contributed by atoms with van der Waals surface area (Å²) >= 11 is 0. The van der Waals surface area contributed by atoms with Crippen LogP contribution in [-0.2, 0) is 22.8 Å². The summed E-state index contributed by atoms with van der Waals surface area (Å²) in [5.74, 6) is -1.17. The van der Waals surface area contributed by atoms with Crippen LogP contribution in [0.3, 0.4) is 0 Å². The van der Waals surface area contributed by atoms with Gasteiger partial charge in [0.1, 0.15) is 18.8 Å². The molecule has 0 aliphatic carbocycles. The summed E-state index contributed by atoms with van der Waals surface area (Å²) in [4.78, 5) is 35.9. The molecule has 0 aromatic carbocycles. The minimum absolute atomic E-state index is 1.08. The smallest absolute Gasteiger partial charge is 0.388 e. The molecule has 0 rings (SSSR count). The molecule has 18 heavy (non-hydrogen) atoms. The summed E-state index contributed by atoms with van der Waals surface area (Å²) in [6.45, 7) is -2.20. The number of phosphoric acid groups is 2. The van der Waals surface area contributed by atoms with Crippen molar-refractivity contribution in [3.63, 3.8) is 0 Å². The number of carbonyl (C=O) groups is 1. The second-order valence-corrected chi connectivity index (χ2v) is 5.80. The highest BCUT2D eigenvalue weighted by Crippen LogP contribution is 2.57. The Kier molecular flexibility index (Phi) is 6.75. The molecule has 0 aromatic rings. The first-order valence-corrected chi connectivity index (χ1v) is 7.25. The van der Waals surface area contributed by atoms with Crippen LogP contribution >= 0.6 is 15.6 Å². The first-order valence-electron chi connectivity index (χ1n) is 4.22. The van der Waals surface area contributed by atoms with Crippen molar-refractivity contribution in [1.82, 2.24) is 0 Å². The number of ketones is 1. The van der Waals surface area contributed by atoms with Gasteiger partial charge in [-0.25, -0.2) is 9.13 Å². The van der Waals surface area contributed by atoms with Crippen molar-refractivity contribution in [2.24, 2.45) is 0 Å². The number of aliphatic hydroxyl groups excluding tert-OH is 3. The van der Waals surface area contributed by atoms with Crippen LogP contribution in [0.2, 0.25) is 0 Å². The van der Waals surface area contributed by atoms with Crippen LogP contribution in [0.1, 0.15) is 0 Å². The number of rotatable bonds is 8. The molecule has 0 radical (unpaired) electrons. The monoisotopic (exact) mass is 310 g/mol. The molecule has 0 amide bonds. The van der Waals surface area contributed by atoms with E-state index in [0.29, 0.717) is 0 Å². The zero-order chi connectivity index (χ0) is 14.6. The summed E-state index contributed by atoms with van der Waals surface area (Å²) in [6.07, 6.45) is -4.06. The number of Topliss-reactive ketones (excluding diaryl/α,β-unsaturated/α-hetero) is 1. The van der Waals surface area contributed by atoms with E-state index in [0.717, 1.165) is 0 Å². The highest BCUT2D eigenvalue weighted by molar-refractivity contribution is 7.60. The molecular formula is C5H12O11P2. The average Bonchev–Trinajstić information content (AvgIpc) is 2.20. The van der Waals surface area contributed by atoms with Gasteiger partial charge in [-0.05, 0) is 0 Å². The molecule has 0 saturated heterocycles. The average molecular weight is 310 g/mol. The first-order chi connectivity index (χ1) is 7.98. The Morgan fingerprint density at radius 2 is 1.67 bits per heavy atom. The third kappa shape index (κ3) is 7.29. The van der Waals surface area contributed by atoms with Crippen molar-refractivity contribution in [2.45, 2.75) is 12.2 Å². The largest absolute Gasteiger partial charge is 0.481 e. The minimum atomic E-state index is -5.28. The molecule has 108 valence electrons. The Bertz CT molecular complexity index is 374. The quantitative estimate of drug-likeness (QED) is 0.259. The van der Waals surface area contributed by atoms with Gasteiger partial charge in [0.15, 0.2) is 5.78 Å². The molecule has 0 saturated carbocycles. The molecule has 1 unspecified atom stereocenters. The Hall–Kier alpha value is -0.190. The van der Waals surface area contributed by atoms with Crippen LogP contribution in [-0.4, -0.2) is 61.2 Å². The van der Waals surface area contributed by atoms with Gasteiger partial charge in [0.25, 0.3) is 0 Å². The van der Waals surface area contributed by atoms with Gasteiger partial charge in [0.05, 0.1) is 6.61 Å². The fourth-order valence-corrected chi connectivity index (χ4v) is 2.33. The normalized spacial score (nSPS) is 19.0. The minimum Gasteiger partial charge on any atom is -0.388 e. The molecule has 0 heterocycles. The molecule has 0 aliphatic heterocycles. The lowest BCUT2D eigenvalue weighted by Crippen LogP contribution is -2.38. The SMILES string of the molecule is O=C(CO)[C@H](O)[C@H](O)COP(=O)(O)OP(=O)(O)O. The van der Waals surface area contributed by atoms with Gasteiger partial charge in [0.2, 0.25) is 0 Å². The van der Waals surface area contributed by atoms with Gasteiger partial charge in [-0.1, -0.05) is 0 Å². The van der Waals surface area contributed by atoms with Crippen LogP contribution in [0.15, 0.2) is 0 Å². The van der Waals surface area contributed by atoms with Gasteiger partial charge < -0.3 is 30.0 Å². The van der Waals surface area contributed by atoms with E-state index in [1.54, 1.807) is 0 Å². The maximum Gasteiger partial charge on any atom is 0.481 e. The molecule has 3 atom stereocenters. The highest BCUT2D eigenvalue weighted by Gasteiger charge is 2.34. The summed E-state index contributed by atoms with van der Waals surface area (Å²) in [7, 11) is -10.4. The van der Waals surface area contributed by atoms with E-state index < -0.39 is 46.9 Å². The van der Waals surface area contributed by atoms with Crippen molar-refractivity contribution >= 4 is 21.4 Å². The summed E-state index contributed by atoms with van der Waals surface area (Å²) in [5, 5.41) is 26.4. The fourth-order valence-electron chi connectivity index (χ4n) is 0.728. The molecule has 0 fully saturated rings. The molecule has 11 nitrogen and oxygen atoms in total. The molecule has 0 bridgehead atoms. The van der Waals surface area contributed by atoms with Crippen LogP contribution in [0.25, 0.3) is 0 Å². The van der Waals surface area contributed by atoms with E-state index in [9.17, 15) is 13.9 Å². The topological polar surface area (TPSA) is 191 Å². The van der Waals surface area contributed by atoms with Crippen LogP contribution in [0.4, 0.5) is 0 Å². The van der Waals surface area contributed by atoms with Crippen LogP contribution < -0.4 is 0 Å².